The van der Waals surface area contributed by atoms with Gasteiger partial charge in [-0.2, -0.15) is 0 Å². The van der Waals surface area contributed by atoms with Gasteiger partial charge in [-0.3, -0.25) is 24.0 Å². The van der Waals surface area contributed by atoms with E-state index in [9.17, 15) is 34.2 Å². The van der Waals surface area contributed by atoms with Crippen LogP contribution in [-0.2, 0) is 32.0 Å². The summed E-state index contributed by atoms with van der Waals surface area (Å²) in [4.78, 5) is 69.7. The highest BCUT2D eigenvalue weighted by molar-refractivity contribution is 6.32. The van der Waals surface area contributed by atoms with Crippen LogP contribution in [-0.4, -0.2) is 44.7 Å². The third-order valence-corrected chi connectivity index (χ3v) is 11.8. The van der Waals surface area contributed by atoms with E-state index in [0.717, 1.165) is 43.7 Å². The van der Waals surface area contributed by atoms with Gasteiger partial charge in [-0.15, -0.1) is 0 Å². The molecule has 0 amide bonds. The summed E-state index contributed by atoms with van der Waals surface area (Å²) in [5, 5.41) is 24.1. The molecule has 0 heterocycles. The maximum atomic E-state index is 14.7. The molecule has 0 spiro atoms. The molecule has 4 aliphatic carbocycles. The summed E-state index contributed by atoms with van der Waals surface area (Å²) < 4.78 is 0. The lowest BCUT2D eigenvalue weighted by Crippen LogP contribution is -2.76. The summed E-state index contributed by atoms with van der Waals surface area (Å²) in [6.07, 6.45) is 6.43. The highest BCUT2D eigenvalue weighted by Gasteiger charge is 2.76. The number of hydrogen-bond acceptors (Lipinski definition) is 7. The molecule has 2 N–H and O–H groups in total. The maximum Gasteiger partial charge on any atom is 0.190 e. The van der Waals surface area contributed by atoms with Gasteiger partial charge >= 0.3 is 0 Å². The van der Waals surface area contributed by atoms with Gasteiger partial charge in [-0.1, -0.05) is 90.1 Å². The van der Waals surface area contributed by atoms with Crippen LogP contribution in [0.3, 0.4) is 0 Å². The number of phenols is 1. The average molecular weight is 613 g/mol. The first-order chi connectivity index (χ1) is 21.2. The van der Waals surface area contributed by atoms with Crippen molar-refractivity contribution in [3.8, 4) is 16.9 Å². The Bertz CT molecular complexity index is 1620. The van der Waals surface area contributed by atoms with Crippen LogP contribution in [0.15, 0.2) is 36.4 Å². The molecule has 0 saturated heterocycles. The van der Waals surface area contributed by atoms with Crippen LogP contribution >= 0.6 is 0 Å². The zero-order valence-electron chi connectivity index (χ0n) is 26.9. The van der Waals surface area contributed by atoms with E-state index < -0.39 is 63.1 Å². The number of ketones is 5. The van der Waals surface area contributed by atoms with Crippen molar-refractivity contribution in [3.63, 3.8) is 0 Å². The third kappa shape index (κ3) is 4.44. The number of phenolic OH excluding ortho intramolecular Hbond substituents is 1. The Balaban J connectivity index is 1.55. The number of carbonyl (C=O) groups excluding carboxylic acids is 5. The molecule has 6 rings (SSSR count). The highest BCUT2D eigenvalue weighted by Crippen LogP contribution is 2.64. The van der Waals surface area contributed by atoms with Gasteiger partial charge in [0.2, 0.25) is 0 Å². The van der Waals surface area contributed by atoms with Crippen LogP contribution in [0.4, 0.5) is 0 Å². The molecule has 0 radical (unpaired) electrons. The monoisotopic (exact) mass is 612 g/mol. The second-order valence-corrected chi connectivity index (χ2v) is 15.2. The van der Waals surface area contributed by atoms with Crippen molar-refractivity contribution >= 4 is 28.9 Å². The Morgan fingerprint density at radius 1 is 0.978 bits per heavy atom. The summed E-state index contributed by atoms with van der Waals surface area (Å²) >= 11 is 0. The van der Waals surface area contributed by atoms with Gasteiger partial charge in [0, 0.05) is 11.3 Å². The number of rotatable bonds is 5. The van der Waals surface area contributed by atoms with Gasteiger partial charge in [0.25, 0.3) is 0 Å². The van der Waals surface area contributed by atoms with E-state index in [2.05, 4.69) is 0 Å². The zero-order valence-corrected chi connectivity index (χ0v) is 26.9. The second kappa shape index (κ2) is 10.8. The van der Waals surface area contributed by atoms with E-state index in [0.29, 0.717) is 23.5 Å². The Morgan fingerprint density at radius 2 is 1.62 bits per heavy atom. The molecule has 0 aliphatic heterocycles. The van der Waals surface area contributed by atoms with E-state index in [1.165, 1.54) is 6.42 Å². The van der Waals surface area contributed by atoms with Crippen molar-refractivity contribution in [2.45, 2.75) is 91.6 Å². The van der Waals surface area contributed by atoms with Crippen molar-refractivity contribution in [2.24, 2.45) is 40.4 Å². The fourth-order valence-corrected chi connectivity index (χ4v) is 9.99. The summed E-state index contributed by atoms with van der Waals surface area (Å²) in [6, 6.07) is 11.7. The molecular weight excluding hydrogens is 568 g/mol. The molecule has 0 bridgehead atoms. The summed E-state index contributed by atoms with van der Waals surface area (Å²) in [5.41, 5.74) is -2.16. The number of benzene rings is 2. The SMILES string of the molecule is CC(=O)C1C(=O)C(C(C)C)[C@@]2(C)C[C@@]3(C)Cc4c(-c5ccccc5)cc(CC5CCCCC5)c(O)c4C(=O)C3C(=O)[C@@]2(O)C1=O. The van der Waals surface area contributed by atoms with E-state index in [1.54, 1.807) is 20.8 Å². The van der Waals surface area contributed by atoms with Crippen LogP contribution in [0.2, 0.25) is 0 Å². The highest BCUT2D eigenvalue weighted by atomic mass is 16.3. The molecule has 4 aliphatic rings. The topological polar surface area (TPSA) is 126 Å². The first kappa shape index (κ1) is 31.5. The molecule has 3 saturated carbocycles. The van der Waals surface area contributed by atoms with Gasteiger partial charge in [-0.25, -0.2) is 0 Å². The quantitative estimate of drug-likeness (QED) is 0.404. The Labute approximate surface area is 264 Å². The lowest BCUT2D eigenvalue weighted by Gasteiger charge is -2.62. The first-order valence-corrected chi connectivity index (χ1v) is 16.5. The molecule has 238 valence electrons. The number of hydrogen-bond donors (Lipinski definition) is 2. The van der Waals surface area contributed by atoms with Crippen LogP contribution < -0.4 is 0 Å². The molecular formula is C38H44O7. The summed E-state index contributed by atoms with van der Waals surface area (Å²) in [7, 11) is 0. The van der Waals surface area contributed by atoms with Crippen LogP contribution in [0.1, 0.15) is 94.6 Å². The standard InChI is InChI=1S/C38H44O7/c1-20(2)29-32(41)27(21(3)39)34(43)38(45)35(44)30-33(42)28-26(18-36(30,4)19-37(29,38)5)25(23-14-10-7-11-15-23)17-24(31(28)40)16-22-12-8-6-9-13-22/h7,10-11,14-15,17,20,22,27,29-30,40,45H,6,8-9,12-13,16,18-19H2,1-5H3/t27?,29?,30?,36-,37-,38+/m1/s1. The number of aliphatic hydroxyl groups is 1. The molecule has 45 heavy (non-hydrogen) atoms. The number of carbonyl (C=O) groups is 5. The lowest BCUT2D eigenvalue weighted by atomic mass is 9.39. The molecule has 3 fully saturated rings. The van der Waals surface area contributed by atoms with E-state index >= 15 is 0 Å². The van der Waals surface area contributed by atoms with Gasteiger partial charge in [0.05, 0.1) is 11.5 Å². The molecule has 7 nitrogen and oxygen atoms in total. The summed E-state index contributed by atoms with van der Waals surface area (Å²) in [5.74, 6) is -8.22. The lowest BCUT2D eigenvalue weighted by molar-refractivity contribution is -0.205. The van der Waals surface area contributed by atoms with Crippen LogP contribution in [0.5, 0.6) is 5.75 Å². The second-order valence-electron chi connectivity index (χ2n) is 15.2. The average Bonchev–Trinajstić information content (AvgIpc) is 2.97. The number of aromatic hydroxyl groups is 1. The smallest absolute Gasteiger partial charge is 0.190 e. The van der Waals surface area contributed by atoms with Crippen molar-refractivity contribution < 1.29 is 34.2 Å². The maximum absolute atomic E-state index is 14.7. The van der Waals surface area contributed by atoms with Gasteiger partial charge < -0.3 is 10.2 Å². The van der Waals surface area contributed by atoms with Gasteiger partial charge in [0.1, 0.15) is 17.5 Å². The Hall–Kier alpha value is -3.45. The zero-order chi connectivity index (χ0) is 32.6. The molecule has 6 atom stereocenters. The van der Waals surface area contributed by atoms with Crippen molar-refractivity contribution in [1.82, 2.24) is 0 Å². The summed E-state index contributed by atoms with van der Waals surface area (Å²) in [6.45, 7) is 8.14. The first-order valence-electron chi connectivity index (χ1n) is 16.5. The number of fused-ring (bicyclic) bond motifs is 3. The van der Waals surface area contributed by atoms with Crippen LogP contribution in [0, 0.1) is 40.4 Å². The molecule has 2 aromatic carbocycles. The molecule has 0 aromatic heterocycles. The fourth-order valence-electron chi connectivity index (χ4n) is 9.99. The van der Waals surface area contributed by atoms with Gasteiger partial charge in [0.15, 0.2) is 28.7 Å². The largest absolute Gasteiger partial charge is 0.507 e. The minimum atomic E-state index is -2.69. The predicted molar refractivity (Wildman–Crippen MR) is 169 cm³/mol. The Morgan fingerprint density at radius 3 is 2.22 bits per heavy atom. The van der Waals surface area contributed by atoms with Crippen molar-refractivity contribution in [2.75, 3.05) is 0 Å². The third-order valence-electron chi connectivity index (χ3n) is 11.8. The normalized spacial score (nSPS) is 33.5. The fraction of sp³-hybridized carbons (Fsp3) is 0.553. The molecule has 2 aromatic rings. The predicted octanol–water partition coefficient (Wildman–Crippen LogP) is 5.88. The van der Waals surface area contributed by atoms with Gasteiger partial charge in [-0.05, 0) is 71.8 Å². The van der Waals surface area contributed by atoms with Crippen molar-refractivity contribution in [3.05, 3.63) is 53.1 Å². The minimum Gasteiger partial charge on any atom is -0.507 e. The van der Waals surface area contributed by atoms with E-state index in [-0.39, 0.29) is 30.1 Å². The molecule has 3 unspecified atom stereocenters. The van der Waals surface area contributed by atoms with E-state index in [4.69, 9.17) is 0 Å². The molecule has 7 heteroatoms. The van der Waals surface area contributed by atoms with Crippen LogP contribution in [0.25, 0.3) is 11.1 Å². The Kier molecular flexibility index (Phi) is 7.58. The number of Topliss-reactive ketones (excluding diaryl/α,β-unsaturated/α-hetero) is 5. The van der Waals surface area contributed by atoms with Crippen molar-refractivity contribution in [1.29, 1.82) is 0 Å². The minimum absolute atomic E-state index is 0.0435. The van der Waals surface area contributed by atoms with E-state index in [1.807, 2.05) is 43.3 Å².